The highest BCUT2D eigenvalue weighted by molar-refractivity contribution is 5.99. The summed E-state index contributed by atoms with van der Waals surface area (Å²) >= 11 is 0. The van der Waals surface area contributed by atoms with Crippen LogP contribution in [0.4, 0.5) is 0 Å². The number of morpholine rings is 1. The van der Waals surface area contributed by atoms with Gasteiger partial charge in [-0.3, -0.25) is 29.1 Å². The number of nitrogens with zero attached hydrogens (tertiary/aromatic N) is 3. The van der Waals surface area contributed by atoms with Gasteiger partial charge in [-0.05, 0) is 61.8 Å². The number of nitrogens with one attached hydrogen (secondary N) is 1. The monoisotopic (exact) mass is 672 g/mol. The van der Waals surface area contributed by atoms with Crippen molar-refractivity contribution in [1.82, 2.24) is 20.4 Å². The lowest BCUT2D eigenvalue weighted by Gasteiger charge is -2.25. The molecule has 2 saturated heterocycles. The Balaban J connectivity index is 1.32. The Morgan fingerprint density at radius 2 is 1.67 bits per heavy atom. The molecule has 49 heavy (non-hydrogen) atoms. The Hall–Kier alpha value is -4.06. The van der Waals surface area contributed by atoms with E-state index in [0.717, 1.165) is 24.2 Å². The first kappa shape index (κ1) is 36.2. The lowest BCUT2D eigenvalue weighted by Crippen LogP contribution is -2.46. The Kier molecular flexibility index (Phi) is 12.6. The number of hydrogen-bond acceptors (Lipinski definition) is 10. The number of benzene rings is 1. The van der Waals surface area contributed by atoms with E-state index in [9.17, 15) is 19.2 Å². The Bertz CT molecular complexity index is 1550. The summed E-state index contributed by atoms with van der Waals surface area (Å²) in [6.45, 7) is 9.50. The highest BCUT2D eigenvalue weighted by Gasteiger charge is 2.50. The van der Waals surface area contributed by atoms with E-state index in [2.05, 4.69) is 20.4 Å². The number of aromatic nitrogens is 2. The van der Waals surface area contributed by atoms with Crippen LogP contribution in [0.3, 0.4) is 0 Å². The number of pyridine rings is 1. The third-order valence-corrected chi connectivity index (χ3v) is 9.32. The fourth-order valence-electron chi connectivity index (χ4n) is 6.35. The van der Waals surface area contributed by atoms with Gasteiger partial charge in [-0.15, -0.1) is 0 Å². The van der Waals surface area contributed by atoms with E-state index in [0.29, 0.717) is 51.4 Å². The van der Waals surface area contributed by atoms with E-state index in [1.54, 1.807) is 37.5 Å². The molecule has 0 spiro atoms. The van der Waals surface area contributed by atoms with Crippen molar-refractivity contribution in [3.63, 3.8) is 0 Å². The number of carbonyl (C=O) groups is 4. The lowest BCUT2D eigenvalue weighted by molar-refractivity contribution is -0.134. The van der Waals surface area contributed by atoms with Crippen LogP contribution in [0.5, 0.6) is 0 Å². The number of epoxide rings is 1. The third kappa shape index (κ3) is 10.7. The molecule has 4 heterocycles. The number of aryl methyl sites for hydroxylation is 1. The smallest absolute Gasteiger partial charge is 0.224 e. The van der Waals surface area contributed by atoms with Gasteiger partial charge in [-0.1, -0.05) is 49.3 Å². The maximum Gasteiger partial charge on any atom is 0.224 e. The molecule has 11 heteroatoms. The zero-order valence-electron chi connectivity index (χ0n) is 28.8. The minimum absolute atomic E-state index is 0.00946. The molecule has 1 N–H and O–H groups in total. The molecule has 2 aliphatic rings. The zero-order chi connectivity index (χ0) is 34.8. The molecule has 2 fully saturated rings. The van der Waals surface area contributed by atoms with Crippen molar-refractivity contribution in [2.24, 2.45) is 17.8 Å². The van der Waals surface area contributed by atoms with Crippen LogP contribution in [0, 0.1) is 17.8 Å². The SMILES string of the molecule is CC(C)C[C@H](CC(=O)[C@H](Cc1ccncc1)NC(=O)[C@H](CCc1ccccc1)CC(=O)c1cc(CN2CCOCC2)on1)C(=O)[C@@]1(C)CO1. The Labute approximate surface area is 288 Å². The molecular weight excluding hydrogens is 624 g/mol. The van der Waals surface area contributed by atoms with E-state index < -0.39 is 29.4 Å². The van der Waals surface area contributed by atoms with Crippen LogP contribution in [0.15, 0.2) is 65.4 Å². The number of carbonyl (C=O) groups excluding carboxylic acids is 4. The van der Waals surface area contributed by atoms with Crippen LogP contribution in [-0.4, -0.2) is 82.9 Å². The maximum absolute atomic E-state index is 14.1. The summed E-state index contributed by atoms with van der Waals surface area (Å²) < 4.78 is 16.3. The molecule has 2 aliphatic heterocycles. The third-order valence-electron chi connectivity index (χ3n) is 9.32. The summed E-state index contributed by atoms with van der Waals surface area (Å²) in [6.07, 6.45) is 4.91. The average Bonchev–Trinajstić information content (AvgIpc) is 3.68. The Morgan fingerprint density at radius 1 is 0.959 bits per heavy atom. The van der Waals surface area contributed by atoms with Gasteiger partial charge in [0.25, 0.3) is 0 Å². The van der Waals surface area contributed by atoms with Crippen molar-refractivity contribution in [2.75, 3.05) is 32.9 Å². The number of rotatable bonds is 19. The van der Waals surface area contributed by atoms with E-state index in [-0.39, 0.29) is 48.2 Å². The molecule has 11 nitrogen and oxygen atoms in total. The number of ether oxygens (including phenoxy) is 2. The summed E-state index contributed by atoms with van der Waals surface area (Å²) in [4.78, 5) is 61.3. The van der Waals surface area contributed by atoms with Crippen LogP contribution in [0.1, 0.15) is 73.8 Å². The molecule has 1 aromatic carbocycles. The van der Waals surface area contributed by atoms with E-state index in [1.165, 1.54) is 0 Å². The number of Topliss-reactive ketones (excluding diaryl/α,β-unsaturated/α-hetero) is 3. The molecule has 0 unspecified atom stereocenters. The van der Waals surface area contributed by atoms with Crippen molar-refractivity contribution in [3.05, 3.63) is 83.5 Å². The molecule has 0 saturated carbocycles. The lowest BCUT2D eigenvalue weighted by atomic mass is 9.82. The molecular formula is C38H48N4O7. The number of hydrogen-bond donors (Lipinski definition) is 1. The van der Waals surface area contributed by atoms with Crippen LogP contribution < -0.4 is 5.32 Å². The van der Waals surface area contributed by atoms with Gasteiger partial charge in [0.05, 0.1) is 32.4 Å². The molecule has 4 atom stereocenters. The second kappa shape index (κ2) is 17.0. The van der Waals surface area contributed by atoms with Gasteiger partial charge in [0, 0.05) is 56.2 Å². The molecule has 5 rings (SSSR count). The first-order valence-corrected chi connectivity index (χ1v) is 17.3. The minimum atomic E-state index is -0.896. The van der Waals surface area contributed by atoms with Crippen molar-refractivity contribution in [1.29, 1.82) is 0 Å². The second-order valence-corrected chi connectivity index (χ2v) is 13.9. The van der Waals surface area contributed by atoms with Crippen LogP contribution in [-0.2, 0) is 43.2 Å². The fraction of sp³-hybridized carbons (Fsp3) is 0.526. The predicted molar refractivity (Wildman–Crippen MR) is 182 cm³/mol. The standard InChI is InChI=1S/C38H48N4O7/c1-26(2)19-30(36(45)38(3)25-48-38)22-34(43)32(20-28-11-13-39-14-12-28)40-37(46)29(10-9-27-7-5-4-6-8-27)21-35(44)33-23-31(49-41-33)24-42-15-17-47-18-16-42/h4-8,11-14,23,26,29-30,32H,9-10,15-22,24-25H2,1-3H3,(H,40,46)/t29-,30-,32+,38-/m1/s1. The normalized spacial score (nSPS) is 19.6. The van der Waals surface area contributed by atoms with Gasteiger partial charge in [-0.2, -0.15) is 0 Å². The first-order chi connectivity index (χ1) is 23.6. The number of ketones is 3. The molecule has 0 aliphatic carbocycles. The topological polar surface area (TPSA) is 144 Å². The predicted octanol–water partition coefficient (Wildman–Crippen LogP) is 4.43. The van der Waals surface area contributed by atoms with Gasteiger partial charge in [0.2, 0.25) is 5.91 Å². The van der Waals surface area contributed by atoms with Crippen LogP contribution in [0.25, 0.3) is 0 Å². The van der Waals surface area contributed by atoms with Crippen molar-refractivity contribution in [2.45, 2.75) is 77.5 Å². The van der Waals surface area contributed by atoms with Crippen LogP contribution >= 0.6 is 0 Å². The molecule has 0 radical (unpaired) electrons. The molecule has 1 amide bonds. The quantitative estimate of drug-likeness (QED) is 0.143. The summed E-state index contributed by atoms with van der Waals surface area (Å²) in [7, 11) is 0. The zero-order valence-corrected chi connectivity index (χ0v) is 28.8. The summed E-state index contributed by atoms with van der Waals surface area (Å²) in [6, 6.07) is 14.1. The van der Waals surface area contributed by atoms with Crippen molar-refractivity contribution in [3.8, 4) is 0 Å². The highest BCUT2D eigenvalue weighted by Crippen LogP contribution is 2.34. The number of amides is 1. The first-order valence-electron chi connectivity index (χ1n) is 17.3. The molecule has 3 aromatic rings. The average molecular weight is 673 g/mol. The van der Waals surface area contributed by atoms with Gasteiger partial charge < -0.3 is 19.3 Å². The summed E-state index contributed by atoms with van der Waals surface area (Å²) in [5.74, 6) is -1.48. The van der Waals surface area contributed by atoms with Gasteiger partial charge in [0.15, 0.2) is 23.1 Å². The fourth-order valence-corrected chi connectivity index (χ4v) is 6.35. The van der Waals surface area contributed by atoms with E-state index in [4.69, 9.17) is 14.0 Å². The largest absolute Gasteiger partial charge is 0.379 e. The van der Waals surface area contributed by atoms with E-state index >= 15 is 0 Å². The maximum atomic E-state index is 14.1. The van der Waals surface area contributed by atoms with Crippen LogP contribution in [0.2, 0.25) is 0 Å². The second-order valence-electron chi connectivity index (χ2n) is 13.9. The van der Waals surface area contributed by atoms with E-state index in [1.807, 2.05) is 44.2 Å². The Morgan fingerprint density at radius 3 is 2.35 bits per heavy atom. The minimum Gasteiger partial charge on any atom is -0.379 e. The molecule has 2 aromatic heterocycles. The highest BCUT2D eigenvalue weighted by atomic mass is 16.6. The molecule has 262 valence electrons. The summed E-state index contributed by atoms with van der Waals surface area (Å²) in [5.41, 5.74) is 1.19. The molecule has 0 bridgehead atoms. The van der Waals surface area contributed by atoms with Crippen molar-refractivity contribution < 1.29 is 33.2 Å². The van der Waals surface area contributed by atoms with Gasteiger partial charge in [0.1, 0.15) is 11.3 Å². The van der Waals surface area contributed by atoms with Gasteiger partial charge in [-0.25, -0.2) is 0 Å². The van der Waals surface area contributed by atoms with Crippen molar-refractivity contribution >= 4 is 23.3 Å². The van der Waals surface area contributed by atoms with Gasteiger partial charge >= 0.3 is 0 Å². The summed E-state index contributed by atoms with van der Waals surface area (Å²) in [5, 5.41) is 7.04.